The Morgan fingerprint density at radius 2 is 2.00 bits per heavy atom. The summed E-state index contributed by atoms with van der Waals surface area (Å²) in [4.78, 5) is 23.8. The lowest BCUT2D eigenvalue weighted by molar-refractivity contribution is -0.116. The topological polar surface area (TPSA) is 46.6 Å². The van der Waals surface area contributed by atoms with Gasteiger partial charge in [0.2, 0.25) is 0 Å². The molecular formula is C9H16BrNO3. The number of ketones is 1. The number of halogens is 1. The van der Waals surface area contributed by atoms with Crippen LogP contribution < -0.4 is 0 Å². The summed E-state index contributed by atoms with van der Waals surface area (Å²) in [6.07, 6.45) is -0.0270. The van der Waals surface area contributed by atoms with Crippen LogP contribution in [0.5, 0.6) is 0 Å². The van der Waals surface area contributed by atoms with Crippen LogP contribution in [0.4, 0.5) is 4.79 Å². The van der Waals surface area contributed by atoms with Gasteiger partial charge in [-0.1, -0.05) is 15.9 Å². The number of ether oxygens (including phenoxy) is 1. The molecule has 0 spiro atoms. The van der Waals surface area contributed by atoms with Crippen LogP contribution in [0.25, 0.3) is 0 Å². The number of rotatable bonds is 5. The van der Waals surface area contributed by atoms with Gasteiger partial charge in [-0.2, -0.15) is 0 Å². The molecule has 0 aromatic carbocycles. The summed E-state index contributed by atoms with van der Waals surface area (Å²) in [5.74, 6) is 0.0829. The molecule has 14 heavy (non-hydrogen) atoms. The van der Waals surface area contributed by atoms with Gasteiger partial charge in [0.25, 0.3) is 0 Å². The summed E-state index contributed by atoms with van der Waals surface area (Å²) >= 11 is 3.07. The average Bonchev–Trinajstić information content (AvgIpc) is 2.16. The Morgan fingerprint density at radius 3 is 2.36 bits per heavy atom. The summed E-state index contributed by atoms with van der Waals surface area (Å²) < 4.78 is 4.60. The Bertz CT molecular complexity index is 206. The highest BCUT2D eigenvalue weighted by Gasteiger charge is 2.17. The summed E-state index contributed by atoms with van der Waals surface area (Å²) in [5, 5.41) is 0.333. The zero-order valence-electron chi connectivity index (χ0n) is 8.75. The van der Waals surface area contributed by atoms with Gasteiger partial charge in [-0.05, 0) is 13.8 Å². The first-order valence-electron chi connectivity index (χ1n) is 4.45. The summed E-state index contributed by atoms with van der Waals surface area (Å²) in [5.41, 5.74) is 0. The molecule has 0 atom stereocenters. The van der Waals surface area contributed by atoms with E-state index in [9.17, 15) is 9.59 Å². The molecule has 0 fully saturated rings. The quantitative estimate of drug-likeness (QED) is 0.713. The number of Topliss-reactive ketones (excluding diaryl/α,β-unsaturated/α-hetero) is 1. The maximum atomic E-state index is 11.2. The van der Waals surface area contributed by atoms with Gasteiger partial charge < -0.3 is 9.64 Å². The van der Waals surface area contributed by atoms with E-state index in [0.29, 0.717) is 18.3 Å². The third-order valence-electron chi connectivity index (χ3n) is 1.81. The van der Waals surface area contributed by atoms with Crippen LogP contribution in [0.3, 0.4) is 0 Å². The number of hydrogen-bond donors (Lipinski definition) is 0. The summed E-state index contributed by atoms with van der Waals surface area (Å²) in [6, 6.07) is 0.0468. The van der Waals surface area contributed by atoms with Crippen LogP contribution in [0.1, 0.15) is 20.3 Å². The molecule has 0 aromatic heterocycles. The Kier molecular flexibility index (Phi) is 6.53. The lowest BCUT2D eigenvalue weighted by Gasteiger charge is -2.24. The highest BCUT2D eigenvalue weighted by atomic mass is 79.9. The fourth-order valence-electron chi connectivity index (χ4n) is 0.990. The van der Waals surface area contributed by atoms with E-state index in [4.69, 9.17) is 0 Å². The second kappa shape index (κ2) is 6.81. The maximum Gasteiger partial charge on any atom is 0.409 e. The molecule has 0 saturated heterocycles. The minimum Gasteiger partial charge on any atom is -0.453 e. The van der Waals surface area contributed by atoms with Gasteiger partial charge in [-0.25, -0.2) is 4.79 Å². The molecule has 0 bridgehead atoms. The zero-order chi connectivity index (χ0) is 11.1. The number of methoxy groups -OCH3 is 1. The number of nitrogens with zero attached hydrogens (tertiary/aromatic N) is 1. The smallest absolute Gasteiger partial charge is 0.409 e. The third kappa shape index (κ3) is 4.60. The van der Waals surface area contributed by atoms with Crippen LogP contribution in [0.15, 0.2) is 0 Å². The van der Waals surface area contributed by atoms with Crippen LogP contribution in [-0.2, 0) is 9.53 Å². The highest BCUT2D eigenvalue weighted by molar-refractivity contribution is 9.09. The normalized spacial score (nSPS) is 10.1. The van der Waals surface area contributed by atoms with Crippen molar-refractivity contribution in [1.82, 2.24) is 4.90 Å². The van der Waals surface area contributed by atoms with Crippen molar-refractivity contribution < 1.29 is 14.3 Å². The van der Waals surface area contributed by atoms with Crippen molar-refractivity contribution in [2.24, 2.45) is 0 Å². The third-order valence-corrected chi connectivity index (χ3v) is 2.44. The van der Waals surface area contributed by atoms with E-state index in [1.54, 1.807) is 0 Å². The largest absolute Gasteiger partial charge is 0.453 e. The Morgan fingerprint density at radius 1 is 1.43 bits per heavy atom. The molecule has 0 N–H and O–H groups in total. The number of alkyl halides is 1. The van der Waals surface area contributed by atoms with Crippen LogP contribution in [0.2, 0.25) is 0 Å². The van der Waals surface area contributed by atoms with E-state index in [1.807, 2.05) is 13.8 Å². The van der Waals surface area contributed by atoms with Crippen molar-refractivity contribution in [2.75, 3.05) is 19.0 Å². The predicted molar refractivity (Wildman–Crippen MR) is 57.7 cm³/mol. The van der Waals surface area contributed by atoms with Crippen molar-refractivity contribution in [3.05, 3.63) is 0 Å². The fraction of sp³-hybridized carbons (Fsp3) is 0.778. The van der Waals surface area contributed by atoms with Crippen molar-refractivity contribution in [1.29, 1.82) is 0 Å². The first-order chi connectivity index (χ1) is 6.52. The van der Waals surface area contributed by atoms with Crippen molar-refractivity contribution in [3.63, 3.8) is 0 Å². The van der Waals surface area contributed by atoms with E-state index in [-0.39, 0.29) is 17.9 Å². The van der Waals surface area contributed by atoms with E-state index in [2.05, 4.69) is 20.7 Å². The molecule has 0 rings (SSSR count). The molecule has 0 aliphatic heterocycles. The minimum atomic E-state index is -0.387. The molecule has 0 saturated carbocycles. The lowest BCUT2D eigenvalue weighted by atomic mass is 10.2. The van der Waals surface area contributed by atoms with Crippen LogP contribution >= 0.6 is 15.9 Å². The molecule has 0 unspecified atom stereocenters. The molecule has 4 nitrogen and oxygen atoms in total. The Hall–Kier alpha value is -0.580. The van der Waals surface area contributed by atoms with Crippen LogP contribution in [-0.4, -0.2) is 41.8 Å². The highest BCUT2D eigenvalue weighted by Crippen LogP contribution is 2.03. The first kappa shape index (κ1) is 13.4. The molecule has 0 aliphatic carbocycles. The van der Waals surface area contributed by atoms with Gasteiger partial charge >= 0.3 is 6.09 Å². The lowest BCUT2D eigenvalue weighted by Crippen LogP contribution is -2.38. The molecule has 0 radical (unpaired) electrons. The van der Waals surface area contributed by atoms with E-state index < -0.39 is 0 Å². The van der Waals surface area contributed by atoms with Gasteiger partial charge in [0.1, 0.15) is 5.78 Å². The van der Waals surface area contributed by atoms with Gasteiger partial charge in [0, 0.05) is 19.0 Å². The standard InChI is InChI=1S/C9H16BrNO3/c1-7(2)11(9(13)14-3)5-4-8(12)6-10/h7H,4-6H2,1-3H3. The van der Waals surface area contributed by atoms with E-state index >= 15 is 0 Å². The molecule has 82 valence electrons. The maximum absolute atomic E-state index is 11.2. The second-order valence-corrected chi connectivity index (χ2v) is 3.74. The average molecular weight is 266 g/mol. The molecule has 0 aliphatic rings. The van der Waals surface area contributed by atoms with Gasteiger partial charge in [-0.15, -0.1) is 0 Å². The summed E-state index contributed by atoms with van der Waals surface area (Å²) in [6.45, 7) is 4.18. The van der Waals surface area contributed by atoms with E-state index in [1.165, 1.54) is 12.0 Å². The monoisotopic (exact) mass is 265 g/mol. The Balaban J connectivity index is 4.11. The van der Waals surface area contributed by atoms with Gasteiger partial charge in [0.05, 0.1) is 12.4 Å². The number of carbonyl (C=O) groups excluding carboxylic acids is 2. The number of amides is 1. The van der Waals surface area contributed by atoms with Gasteiger partial charge in [-0.3, -0.25) is 4.79 Å². The number of carbonyl (C=O) groups is 2. The zero-order valence-corrected chi connectivity index (χ0v) is 10.3. The number of hydrogen-bond acceptors (Lipinski definition) is 3. The van der Waals surface area contributed by atoms with E-state index in [0.717, 1.165) is 0 Å². The fourth-order valence-corrected chi connectivity index (χ4v) is 1.27. The van der Waals surface area contributed by atoms with Crippen molar-refractivity contribution in [3.8, 4) is 0 Å². The van der Waals surface area contributed by atoms with Crippen molar-refractivity contribution in [2.45, 2.75) is 26.3 Å². The van der Waals surface area contributed by atoms with Gasteiger partial charge in [0.15, 0.2) is 0 Å². The Labute approximate surface area is 92.7 Å². The SMILES string of the molecule is COC(=O)N(CCC(=O)CBr)C(C)C. The van der Waals surface area contributed by atoms with Crippen molar-refractivity contribution >= 4 is 27.8 Å². The molecular weight excluding hydrogens is 250 g/mol. The second-order valence-electron chi connectivity index (χ2n) is 3.18. The molecule has 5 heteroatoms. The minimum absolute atomic E-state index is 0.0468. The molecule has 0 aromatic rings. The summed E-state index contributed by atoms with van der Waals surface area (Å²) in [7, 11) is 1.34. The molecule has 0 heterocycles. The molecule has 1 amide bonds. The predicted octanol–water partition coefficient (Wildman–Crippen LogP) is 1.82. The first-order valence-corrected chi connectivity index (χ1v) is 5.57. The van der Waals surface area contributed by atoms with Crippen LogP contribution in [0, 0.1) is 0 Å².